The van der Waals surface area contributed by atoms with Crippen molar-refractivity contribution in [3.05, 3.63) is 5.92 Å². The second-order valence-electron chi connectivity index (χ2n) is 6.82. The van der Waals surface area contributed by atoms with Gasteiger partial charge in [0.05, 0.1) is 0 Å². The van der Waals surface area contributed by atoms with Crippen LogP contribution in [0.2, 0.25) is 0 Å². The fraction of sp³-hybridized carbons (Fsp3) is 0.944. The molecule has 0 heterocycles. The predicted molar refractivity (Wildman–Crippen MR) is 80.5 cm³/mol. The average Bonchev–Trinajstić information content (AvgIpc) is 2.45. The first-order valence-electron chi connectivity index (χ1n) is 8.73. The second-order valence-corrected chi connectivity index (χ2v) is 6.82. The van der Waals surface area contributed by atoms with Gasteiger partial charge >= 0.3 is 0 Å². The van der Waals surface area contributed by atoms with E-state index < -0.39 is 0 Å². The molecule has 18 heavy (non-hydrogen) atoms. The van der Waals surface area contributed by atoms with Crippen molar-refractivity contribution in [2.24, 2.45) is 11.8 Å². The first-order chi connectivity index (χ1) is 8.90. The maximum Gasteiger partial charge on any atom is -0.0238 e. The van der Waals surface area contributed by atoms with Crippen LogP contribution in [0.25, 0.3) is 0 Å². The van der Waals surface area contributed by atoms with Crippen LogP contribution in [0, 0.1) is 17.8 Å². The highest BCUT2D eigenvalue weighted by atomic mass is 14.3. The van der Waals surface area contributed by atoms with Gasteiger partial charge in [-0.15, -0.1) is 0 Å². The Balaban J connectivity index is 1.82. The zero-order chi connectivity index (χ0) is 12.6. The van der Waals surface area contributed by atoms with E-state index in [-0.39, 0.29) is 0 Å². The molecule has 1 unspecified atom stereocenters. The average molecular weight is 249 g/mol. The van der Waals surface area contributed by atoms with Gasteiger partial charge < -0.3 is 0 Å². The van der Waals surface area contributed by atoms with Crippen molar-refractivity contribution in [1.29, 1.82) is 0 Å². The number of rotatable bonds is 6. The molecule has 0 nitrogen and oxygen atoms in total. The Hall–Kier alpha value is 0. The van der Waals surface area contributed by atoms with Crippen LogP contribution in [0.5, 0.6) is 0 Å². The lowest BCUT2D eigenvalue weighted by atomic mass is 9.72. The molecule has 2 fully saturated rings. The van der Waals surface area contributed by atoms with E-state index in [1.54, 1.807) is 12.8 Å². The molecule has 0 aromatic heterocycles. The van der Waals surface area contributed by atoms with Gasteiger partial charge in [0.25, 0.3) is 0 Å². The minimum absolute atomic E-state index is 1.05. The quantitative estimate of drug-likeness (QED) is 0.518. The summed E-state index contributed by atoms with van der Waals surface area (Å²) in [5, 5.41) is 0. The summed E-state index contributed by atoms with van der Waals surface area (Å²) in [5.41, 5.74) is 0. The van der Waals surface area contributed by atoms with Crippen LogP contribution in [-0.4, -0.2) is 0 Å². The lowest BCUT2D eigenvalue weighted by Gasteiger charge is -2.34. The molecule has 0 aromatic carbocycles. The summed E-state index contributed by atoms with van der Waals surface area (Å²) in [6.07, 6.45) is 20.9. The molecule has 0 aliphatic heterocycles. The molecule has 2 aliphatic rings. The Morgan fingerprint density at radius 1 is 0.944 bits per heavy atom. The van der Waals surface area contributed by atoms with E-state index in [1.165, 1.54) is 77.0 Å². The number of hydrogen-bond acceptors (Lipinski definition) is 0. The molecule has 0 spiro atoms. The van der Waals surface area contributed by atoms with E-state index in [1.807, 2.05) is 5.92 Å². The van der Waals surface area contributed by atoms with Crippen LogP contribution in [0.15, 0.2) is 0 Å². The Morgan fingerprint density at radius 2 is 1.61 bits per heavy atom. The van der Waals surface area contributed by atoms with Crippen molar-refractivity contribution in [1.82, 2.24) is 0 Å². The van der Waals surface area contributed by atoms with Crippen molar-refractivity contribution < 1.29 is 0 Å². The fourth-order valence-electron chi connectivity index (χ4n) is 4.20. The Morgan fingerprint density at radius 3 is 2.28 bits per heavy atom. The van der Waals surface area contributed by atoms with Crippen molar-refractivity contribution >= 4 is 0 Å². The fourth-order valence-corrected chi connectivity index (χ4v) is 4.20. The predicted octanol–water partition coefficient (Wildman–Crippen LogP) is 6.30. The molecule has 1 radical (unpaired) electrons. The zero-order valence-electron chi connectivity index (χ0n) is 12.6. The summed E-state index contributed by atoms with van der Waals surface area (Å²) in [5.74, 6) is 4.08. The van der Waals surface area contributed by atoms with Crippen molar-refractivity contribution in [2.45, 2.75) is 96.8 Å². The molecule has 0 heteroatoms. The lowest BCUT2D eigenvalue weighted by Crippen LogP contribution is -2.21. The summed E-state index contributed by atoms with van der Waals surface area (Å²) in [7, 11) is 0. The summed E-state index contributed by atoms with van der Waals surface area (Å²) in [6.45, 7) is 2.35. The third-order valence-corrected chi connectivity index (χ3v) is 5.36. The molecule has 0 aromatic rings. The van der Waals surface area contributed by atoms with Gasteiger partial charge in [0.2, 0.25) is 0 Å². The van der Waals surface area contributed by atoms with E-state index in [0.29, 0.717) is 0 Å². The normalized spacial score (nSPS) is 25.2. The molecule has 0 N–H and O–H groups in total. The third-order valence-electron chi connectivity index (χ3n) is 5.36. The van der Waals surface area contributed by atoms with Gasteiger partial charge in [-0.25, -0.2) is 0 Å². The SMILES string of the molecule is CCCCC(C[C]1CCCCC1)C1CCCCC1. The van der Waals surface area contributed by atoms with Gasteiger partial charge in [-0.2, -0.15) is 0 Å². The molecule has 105 valence electrons. The molecule has 0 bridgehead atoms. The summed E-state index contributed by atoms with van der Waals surface area (Å²) < 4.78 is 0. The van der Waals surface area contributed by atoms with E-state index in [9.17, 15) is 0 Å². The van der Waals surface area contributed by atoms with E-state index in [4.69, 9.17) is 0 Å². The van der Waals surface area contributed by atoms with Crippen molar-refractivity contribution in [3.8, 4) is 0 Å². The molecule has 2 saturated carbocycles. The highest BCUT2D eigenvalue weighted by Gasteiger charge is 2.26. The summed E-state index contributed by atoms with van der Waals surface area (Å²) >= 11 is 0. The highest BCUT2D eigenvalue weighted by molar-refractivity contribution is 4.95. The lowest BCUT2D eigenvalue weighted by molar-refractivity contribution is 0.217. The first kappa shape index (κ1) is 14.4. The molecule has 0 saturated heterocycles. The Labute approximate surface area is 115 Å². The van der Waals surface area contributed by atoms with Crippen LogP contribution in [0.3, 0.4) is 0 Å². The van der Waals surface area contributed by atoms with Crippen molar-refractivity contribution in [3.63, 3.8) is 0 Å². The maximum atomic E-state index is 2.35. The van der Waals surface area contributed by atoms with Gasteiger partial charge in [-0.3, -0.25) is 0 Å². The smallest absolute Gasteiger partial charge is 0.0238 e. The van der Waals surface area contributed by atoms with Gasteiger partial charge in [0.1, 0.15) is 0 Å². The van der Waals surface area contributed by atoms with E-state index >= 15 is 0 Å². The van der Waals surface area contributed by atoms with Crippen LogP contribution in [-0.2, 0) is 0 Å². The maximum absolute atomic E-state index is 2.35. The largest absolute Gasteiger partial charge is 0.0654 e. The monoisotopic (exact) mass is 249 g/mol. The van der Waals surface area contributed by atoms with E-state index in [2.05, 4.69) is 6.92 Å². The standard InChI is InChI=1S/C18H33/c1-2-3-12-18(17-13-8-5-9-14-17)15-16-10-6-4-7-11-16/h17-18H,2-15H2,1H3. The van der Waals surface area contributed by atoms with Crippen molar-refractivity contribution in [2.75, 3.05) is 0 Å². The first-order valence-corrected chi connectivity index (χ1v) is 8.73. The second kappa shape index (κ2) is 8.23. The number of unbranched alkanes of at least 4 members (excludes halogenated alkanes) is 1. The Bertz CT molecular complexity index is 196. The summed E-state index contributed by atoms with van der Waals surface area (Å²) in [6, 6.07) is 0. The highest BCUT2D eigenvalue weighted by Crippen LogP contribution is 2.40. The Kier molecular flexibility index (Phi) is 6.59. The van der Waals surface area contributed by atoms with Crippen LogP contribution in [0.1, 0.15) is 96.8 Å². The van der Waals surface area contributed by atoms with Gasteiger partial charge in [-0.05, 0) is 37.0 Å². The van der Waals surface area contributed by atoms with Gasteiger partial charge in [0, 0.05) is 0 Å². The topological polar surface area (TPSA) is 0 Å². The van der Waals surface area contributed by atoms with Crippen LogP contribution < -0.4 is 0 Å². The zero-order valence-corrected chi connectivity index (χ0v) is 12.6. The molecule has 1 atom stereocenters. The minimum atomic E-state index is 1.05. The van der Waals surface area contributed by atoms with Crippen LogP contribution >= 0.6 is 0 Å². The molecular formula is C18H33. The third kappa shape index (κ3) is 4.59. The minimum Gasteiger partial charge on any atom is -0.0654 e. The van der Waals surface area contributed by atoms with Gasteiger partial charge in [0.15, 0.2) is 0 Å². The number of hydrogen-bond donors (Lipinski definition) is 0. The molecule has 2 aliphatic carbocycles. The molecule has 0 amide bonds. The molecule has 2 rings (SSSR count). The van der Waals surface area contributed by atoms with Gasteiger partial charge in [-0.1, -0.05) is 77.6 Å². The van der Waals surface area contributed by atoms with Crippen LogP contribution in [0.4, 0.5) is 0 Å². The van der Waals surface area contributed by atoms with E-state index in [0.717, 1.165) is 11.8 Å². The summed E-state index contributed by atoms with van der Waals surface area (Å²) in [4.78, 5) is 0. The molecular weight excluding hydrogens is 216 g/mol.